The van der Waals surface area contributed by atoms with Crippen LogP contribution in [0.15, 0.2) is 12.1 Å². The van der Waals surface area contributed by atoms with Gasteiger partial charge in [-0.05, 0) is 6.07 Å². The van der Waals surface area contributed by atoms with Gasteiger partial charge in [-0.15, -0.1) is 0 Å². The molecule has 0 aliphatic rings. The van der Waals surface area contributed by atoms with Crippen LogP contribution in [-0.2, 0) is 4.74 Å². The van der Waals surface area contributed by atoms with Gasteiger partial charge in [0.25, 0.3) is 0 Å². The Morgan fingerprint density at radius 1 is 1.06 bits per heavy atom. The fourth-order valence-corrected chi connectivity index (χ4v) is 1.22. The van der Waals surface area contributed by atoms with E-state index in [2.05, 4.69) is 0 Å². The largest absolute Gasteiger partial charge is 0.493 e. The molecule has 1 aromatic rings. The molecule has 0 fully saturated rings. The van der Waals surface area contributed by atoms with Gasteiger partial charge >= 0.3 is 0 Å². The van der Waals surface area contributed by atoms with Crippen LogP contribution in [0.1, 0.15) is 10.4 Å². The predicted molar refractivity (Wildman–Crippen MR) is 57.4 cm³/mol. The summed E-state index contributed by atoms with van der Waals surface area (Å²) in [6.45, 7) is 0.0658. The third-order valence-electron chi connectivity index (χ3n) is 1.98. The number of hydrogen-bond donors (Lipinski definition) is 0. The first-order chi connectivity index (χ1) is 7.76. The van der Waals surface area contributed by atoms with Crippen LogP contribution in [0.25, 0.3) is 0 Å². The minimum absolute atomic E-state index is 0.0658. The summed E-state index contributed by atoms with van der Waals surface area (Å²) < 4.78 is 20.2. The lowest BCUT2D eigenvalue weighted by atomic mass is 10.2. The van der Waals surface area contributed by atoms with Crippen LogP contribution in [0.5, 0.6) is 17.2 Å². The van der Waals surface area contributed by atoms with E-state index >= 15 is 0 Å². The van der Waals surface area contributed by atoms with E-state index in [1.54, 1.807) is 12.1 Å². The van der Waals surface area contributed by atoms with Crippen molar-refractivity contribution in [1.82, 2.24) is 0 Å². The van der Waals surface area contributed by atoms with Crippen molar-refractivity contribution in [2.24, 2.45) is 0 Å². The molecule has 0 atom stereocenters. The van der Waals surface area contributed by atoms with E-state index in [0.717, 1.165) is 0 Å². The first-order valence-electron chi connectivity index (χ1n) is 4.59. The molecular formula is C11H14O5. The highest BCUT2D eigenvalue weighted by atomic mass is 16.7. The molecule has 0 saturated carbocycles. The van der Waals surface area contributed by atoms with E-state index in [4.69, 9.17) is 18.9 Å². The molecule has 0 N–H and O–H groups in total. The minimum atomic E-state index is 0.0658. The van der Waals surface area contributed by atoms with Gasteiger partial charge in [0.15, 0.2) is 24.6 Å². The average Bonchev–Trinajstić information content (AvgIpc) is 2.35. The molecule has 1 aromatic carbocycles. The summed E-state index contributed by atoms with van der Waals surface area (Å²) in [5.41, 5.74) is 0.384. The van der Waals surface area contributed by atoms with Crippen LogP contribution < -0.4 is 14.2 Å². The van der Waals surface area contributed by atoms with Crippen molar-refractivity contribution in [3.05, 3.63) is 17.7 Å². The standard InChI is InChI=1S/C11H14O5/c1-13-7-16-9-5-11(15-3)10(14-2)4-8(9)6-12/h4-6H,7H2,1-3H3. The molecule has 0 unspecified atom stereocenters. The molecule has 88 valence electrons. The topological polar surface area (TPSA) is 54.0 Å². The monoisotopic (exact) mass is 226 g/mol. The molecule has 0 aliphatic carbocycles. The van der Waals surface area contributed by atoms with Crippen LogP contribution in [0.3, 0.4) is 0 Å². The van der Waals surface area contributed by atoms with Gasteiger partial charge in [0.2, 0.25) is 0 Å². The second kappa shape index (κ2) is 5.97. The summed E-state index contributed by atoms with van der Waals surface area (Å²) in [6.07, 6.45) is 0.687. The molecule has 0 aliphatic heterocycles. The van der Waals surface area contributed by atoms with Crippen molar-refractivity contribution in [3.63, 3.8) is 0 Å². The van der Waals surface area contributed by atoms with Gasteiger partial charge in [0.05, 0.1) is 19.8 Å². The number of hydrogen-bond acceptors (Lipinski definition) is 5. The second-order valence-electron chi connectivity index (χ2n) is 2.91. The fraction of sp³-hybridized carbons (Fsp3) is 0.364. The van der Waals surface area contributed by atoms with Crippen molar-refractivity contribution < 1.29 is 23.7 Å². The quantitative estimate of drug-likeness (QED) is 0.543. The maximum atomic E-state index is 10.8. The summed E-state index contributed by atoms with van der Waals surface area (Å²) in [6, 6.07) is 3.14. The van der Waals surface area contributed by atoms with Gasteiger partial charge in [-0.2, -0.15) is 0 Å². The van der Waals surface area contributed by atoms with Crippen LogP contribution in [-0.4, -0.2) is 34.4 Å². The second-order valence-corrected chi connectivity index (χ2v) is 2.91. The summed E-state index contributed by atoms with van der Waals surface area (Å²) in [5.74, 6) is 1.38. The first-order valence-corrected chi connectivity index (χ1v) is 4.59. The lowest BCUT2D eigenvalue weighted by molar-refractivity contribution is 0.0503. The molecule has 5 nitrogen and oxygen atoms in total. The summed E-state index contributed by atoms with van der Waals surface area (Å²) in [4.78, 5) is 10.8. The van der Waals surface area contributed by atoms with Crippen molar-refractivity contribution in [2.75, 3.05) is 28.1 Å². The van der Waals surface area contributed by atoms with Crippen molar-refractivity contribution in [3.8, 4) is 17.2 Å². The molecular weight excluding hydrogens is 212 g/mol. The Morgan fingerprint density at radius 2 is 1.69 bits per heavy atom. The molecule has 5 heteroatoms. The van der Waals surface area contributed by atoms with Gasteiger partial charge in [-0.3, -0.25) is 4.79 Å². The van der Waals surface area contributed by atoms with E-state index in [-0.39, 0.29) is 6.79 Å². The number of benzene rings is 1. The van der Waals surface area contributed by atoms with Crippen LogP contribution >= 0.6 is 0 Å². The average molecular weight is 226 g/mol. The highest BCUT2D eigenvalue weighted by Crippen LogP contribution is 2.33. The van der Waals surface area contributed by atoms with E-state index in [0.29, 0.717) is 29.1 Å². The highest BCUT2D eigenvalue weighted by Gasteiger charge is 2.11. The summed E-state index contributed by atoms with van der Waals surface area (Å²) in [5, 5.41) is 0. The smallest absolute Gasteiger partial charge is 0.188 e. The molecule has 0 radical (unpaired) electrons. The lowest BCUT2D eigenvalue weighted by Crippen LogP contribution is -2.02. The maximum Gasteiger partial charge on any atom is 0.188 e. The van der Waals surface area contributed by atoms with Crippen LogP contribution in [0, 0.1) is 0 Å². The highest BCUT2D eigenvalue weighted by molar-refractivity contribution is 5.81. The van der Waals surface area contributed by atoms with E-state index < -0.39 is 0 Å². The molecule has 0 amide bonds. The normalized spacial score (nSPS) is 9.69. The number of rotatable bonds is 6. The zero-order valence-corrected chi connectivity index (χ0v) is 9.48. The Labute approximate surface area is 93.9 Å². The predicted octanol–water partition coefficient (Wildman–Crippen LogP) is 1.50. The zero-order valence-electron chi connectivity index (χ0n) is 9.48. The van der Waals surface area contributed by atoms with E-state index in [1.807, 2.05) is 0 Å². The van der Waals surface area contributed by atoms with Gasteiger partial charge in [0, 0.05) is 13.2 Å². The zero-order chi connectivity index (χ0) is 12.0. The maximum absolute atomic E-state index is 10.8. The van der Waals surface area contributed by atoms with Crippen LogP contribution in [0.2, 0.25) is 0 Å². The number of aldehydes is 1. The van der Waals surface area contributed by atoms with E-state index in [9.17, 15) is 4.79 Å². The molecule has 0 bridgehead atoms. The molecule has 0 saturated heterocycles. The molecule has 0 spiro atoms. The third kappa shape index (κ3) is 2.64. The third-order valence-corrected chi connectivity index (χ3v) is 1.98. The Morgan fingerprint density at radius 3 is 2.19 bits per heavy atom. The lowest BCUT2D eigenvalue weighted by Gasteiger charge is -2.12. The SMILES string of the molecule is COCOc1cc(OC)c(OC)cc1C=O. The number of methoxy groups -OCH3 is 3. The van der Waals surface area contributed by atoms with Crippen molar-refractivity contribution >= 4 is 6.29 Å². The van der Waals surface area contributed by atoms with Crippen molar-refractivity contribution in [1.29, 1.82) is 0 Å². The molecule has 16 heavy (non-hydrogen) atoms. The number of ether oxygens (including phenoxy) is 4. The van der Waals surface area contributed by atoms with E-state index in [1.165, 1.54) is 21.3 Å². The molecule has 0 heterocycles. The van der Waals surface area contributed by atoms with Gasteiger partial charge in [-0.25, -0.2) is 0 Å². The first kappa shape index (κ1) is 12.3. The Hall–Kier alpha value is -1.75. The minimum Gasteiger partial charge on any atom is -0.493 e. The Bertz CT molecular complexity index is 362. The van der Waals surface area contributed by atoms with Gasteiger partial charge in [0.1, 0.15) is 5.75 Å². The van der Waals surface area contributed by atoms with Crippen molar-refractivity contribution in [2.45, 2.75) is 0 Å². The van der Waals surface area contributed by atoms with Gasteiger partial charge in [-0.1, -0.05) is 0 Å². The number of carbonyl (C=O) groups is 1. The molecule has 1 rings (SSSR count). The number of carbonyl (C=O) groups excluding carboxylic acids is 1. The summed E-state index contributed by atoms with van der Waals surface area (Å²) in [7, 11) is 4.52. The van der Waals surface area contributed by atoms with Crippen LogP contribution in [0.4, 0.5) is 0 Å². The fourth-order valence-electron chi connectivity index (χ4n) is 1.22. The van der Waals surface area contributed by atoms with Gasteiger partial charge < -0.3 is 18.9 Å². The molecule has 0 aromatic heterocycles. The summed E-state index contributed by atoms with van der Waals surface area (Å²) >= 11 is 0. The Balaban J connectivity index is 3.09. The Kier molecular flexibility index (Phi) is 4.60.